The lowest BCUT2D eigenvalue weighted by Crippen LogP contribution is -2.18. The summed E-state index contributed by atoms with van der Waals surface area (Å²) >= 11 is 0. The number of rotatable bonds is 8. The number of aryl methyl sites for hydroxylation is 1. The van der Waals surface area contributed by atoms with Crippen molar-refractivity contribution in [2.75, 3.05) is 39.1 Å². The molecule has 29 heavy (non-hydrogen) atoms. The Morgan fingerprint density at radius 2 is 1.66 bits per heavy atom. The Morgan fingerprint density at radius 3 is 2.34 bits per heavy atom. The zero-order valence-corrected chi connectivity index (χ0v) is 17.1. The van der Waals surface area contributed by atoms with E-state index >= 15 is 0 Å². The number of nitrogens with zero attached hydrogens (tertiary/aromatic N) is 5. The van der Waals surface area contributed by atoms with Crippen molar-refractivity contribution in [3.05, 3.63) is 41.2 Å². The Kier molecular flexibility index (Phi) is 5.92. The van der Waals surface area contributed by atoms with Crippen LogP contribution in [0.5, 0.6) is 6.01 Å². The second-order valence-electron chi connectivity index (χ2n) is 7.45. The van der Waals surface area contributed by atoms with Crippen molar-refractivity contribution in [1.29, 1.82) is 0 Å². The number of methoxy groups -OCH3 is 1. The van der Waals surface area contributed by atoms with Gasteiger partial charge in [0.15, 0.2) is 17.0 Å². The van der Waals surface area contributed by atoms with Gasteiger partial charge in [-0.2, -0.15) is 9.97 Å². The minimum Gasteiger partial charge on any atom is -0.461 e. The molecule has 1 saturated heterocycles. The van der Waals surface area contributed by atoms with Gasteiger partial charge in [0, 0.05) is 13.7 Å². The molecule has 1 aromatic carbocycles. The van der Waals surface area contributed by atoms with Crippen LogP contribution in [0.1, 0.15) is 29.8 Å². The quantitative estimate of drug-likeness (QED) is 0.585. The van der Waals surface area contributed by atoms with E-state index in [2.05, 4.69) is 44.1 Å². The van der Waals surface area contributed by atoms with Crippen molar-refractivity contribution in [2.45, 2.75) is 32.9 Å². The Morgan fingerprint density at radius 1 is 0.966 bits per heavy atom. The number of anilines is 1. The van der Waals surface area contributed by atoms with Gasteiger partial charge in [0.1, 0.15) is 12.4 Å². The summed E-state index contributed by atoms with van der Waals surface area (Å²) < 4.78 is 12.6. The maximum Gasteiger partial charge on any atom is 0.320 e. The van der Waals surface area contributed by atoms with Gasteiger partial charge < -0.3 is 19.8 Å². The fourth-order valence-corrected chi connectivity index (χ4v) is 3.71. The van der Waals surface area contributed by atoms with E-state index in [1.54, 1.807) is 7.11 Å². The SMILES string of the molecule is COCCOc1nc(N)c2nc(C)n(Cc3ccc(CN4CCCC4)cc3)c2n1. The largest absolute Gasteiger partial charge is 0.461 e. The number of hydrogen-bond donors (Lipinski definition) is 1. The summed E-state index contributed by atoms with van der Waals surface area (Å²) in [5.41, 5.74) is 9.92. The number of aromatic nitrogens is 4. The summed E-state index contributed by atoms with van der Waals surface area (Å²) in [7, 11) is 1.62. The van der Waals surface area contributed by atoms with Crippen molar-refractivity contribution in [3.8, 4) is 6.01 Å². The number of hydrogen-bond acceptors (Lipinski definition) is 7. The highest BCUT2D eigenvalue weighted by Crippen LogP contribution is 2.23. The van der Waals surface area contributed by atoms with Crippen molar-refractivity contribution < 1.29 is 9.47 Å². The number of imidazole rings is 1. The first kappa shape index (κ1) is 19.6. The molecule has 0 bridgehead atoms. The van der Waals surface area contributed by atoms with Gasteiger partial charge in [-0.25, -0.2) is 4.98 Å². The van der Waals surface area contributed by atoms with Crippen LogP contribution in [-0.4, -0.2) is 57.8 Å². The second-order valence-corrected chi connectivity index (χ2v) is 7.45. The van der Waals surface area contributed by atoms with Crippen molar-refractivity contribution in [1.82, 2.24) is 24.4 Å². The molecule has 0 radical (unpaired) electrons. The minimum atomic E-state index is 0.245. The smallest absolute Gasteiger partial charge is 0.320 e. The molecule has 3 heterocycles. The summed E-state index contributed by atoms with van der Waals surface area (Å²) in [6.45, 7) is 6.89. The standard InChI is InChI=1S/C21H28N6O2/c1-15-23-18-19(22)24-21(29-12-11-28-2)25-20(18)27(15)14-17-7-5-16(6-8-17)13-26-9-3-4-10-26/h5-8H,3-4,9-14H2,1-2H3,(H2,22,24,25). The molecule has 154 valence electrons. The van der Waals surface area contributed by atoms with E-state index in [1.807, 2.05) is 11.5 Å². The highest BCUT2D eigenvalue weighted by Gasteiger charge is 2.16. The van der Waals surface area contributed by atoms with Crippen molar-refractivity contribution in [2.24, 2.45) is 0 Å². The Labute approximate surface area is 170 Å². The second kappa shape index (κ2) is 8.75. The van der Waals surface area contributed by atoms with Gasteiger partial charge in [0.05, 0.1) is 13.2 Å². The lowest BCUT2D eigenvalue weighted by molar-refractivity contribution is 0.141. The Balaban J connectivity index is 1.54. The monoisotopic (exact) mass is 396 g/mol. The molecule has 0 aliphatic carbocycles. The van der Waals surface area contributed by atoms with Crippen LogP contribution in [0, 0.1) is 6.92 Å². The van der Waals surface area contributed by atoms with Crippen LogP contribution in [0.3, 0.4) is 0 Å². The van der Waals surface area contributed by atoms with Crippen LogP contribution >= 0.6 is 0 Å². The molecule has 2 N–H and O–H groups in total. The fraction of sp³-hybridized carbons (Fsp3) is 0.476. The molecule has 0 amide bonds. The predicted octanol–water partition coefficient (Wildman–Crippen LogP) is 2.39. The van der Waals surface area contributed by atoms with E-state index < -0.39 is 0 Å². The van der Waals surface area contributed by atoms with Crippen LogP contribution in [0.25, 0.3) is 11.2 Å². The molecule has 0 atom stereocenters. The number of nitrogen functional groups attached to an aromatic ring is 1. The van der Waals surface area contributed by atoms with Crippen LogP contribution in [0.4, 0.5) is 5.82 Å². The van der Waals surface area contributed by atoms with Crippen LogP contribution in [0.15, 0.2) is 24.3 Å². The van der Waals surface area contributed by atoms with E-state index in [0.717, 1.165) is 12.4 Å². The van der Waals surface area contributed by atoms with Gasteiger partial charge in [0.25, 0.3) is 0 Å². The highest BCUT2D eigenvalue weighted by molar-refractivity contribution is 5.82. The summed E-state index contributed by atoms with van der Waals surface area (Å²) in [5, 5.41) is 0. The zero-order valence-electron chi connectivity index (χ0n) is 17.1. The molecule has 3 aromatic rings. The molecule has 1 aliphatic heterocycles. The molecule has 0 spiro atoms. The van der Waals surface area contributed by atoms with E-state index in [9.17, 15) is 0 Å². The van der Waals surface area contributed by atoms with Crippen LogP contribution < -0.4 is 10.5 Å². The molecule has 0 unspecified atom stereocenters. The van der Waals surface area contributed by atoms with E-state index in [-0.39, 0.29) is 6.01 Å². The highest BCUT2D eigenvalue weighted by atomic mass is 16.5. The normalized spacial score (nSPS) is 14.7. The Bertz CT molecular complexity index is 963. The van der Waals surface area contributed by atoms with Gasteiger partial charge in [0.2, 0.25) is 0 Å². The average Bonchev–Trinajstić information content (AvgIpc) is 3.33. The Hall–Kier alpha value is -2.71. The maximum absolute atomic E-state index is 6.09. The number of fused-ring (bicyclic) bond motifs is 1. The molecular formula is C21H28N6O2. The molecule has 8 heteroatoms. The first-order valence-corrected chi connectivity index (χ1v) is 10.1. The molecular weight excluding hydrogens is 368 g/mol. The summed E-state index contributed by atoms with van der Waals surface area (Å²) in [6, 6.07) is 9.03. The molecule has 0 saturated carbocycles. The van der Waals surface area contributed by atoms with Crippen molar-refractivity contribution >= 4 is 17.0 Å². The number of benzene rings is 1. The third-order valence-electron chi connectivity index (χ3n) is 5.28. The van der Waals surface area contributed by atoms with Crippen LogP contribution in [-0.2, 0) is 17.8 Å². The van der Waals surface area contributed by atoms with Gasteiger partial charge in [-0.05, 0) is 44.0 Å². The summed E-state index contributed by atoms with van der Waals surface area (Å²) in [4.78, 5) is 15.8. The molecule has 4 rings (SSSR count). The molecule has 1 aliphatic rings. The lowest BCUT2D eigenvalue weighted by atomic mass is 10.1. The number of nitrogens with two attached hydrogens (primary N) is 1. The predicted molar refractivity (Wildman–Crippen MR) is 112 cm³/mol. The summed E-state index contributed by atoms with van der Waals surface area (Å²) in [6.07, 6.45) is 2.63. The lowest BCUT2D eigenvalue weighted by Gasteiger charge is -2.15. The van der Waals surface area contributed by atoms with Crippen LogP contribution in [0.2, 0.25) is 0 Å². The average molecular weight is 396 g/mol. The number of ether oxygens (including phenoxy) is 2. The third kappa shape index (κ3) is 4.49. The zero-order chi connectivity index (χ0) is 20.2. The topological polar surface area (TPSA) is 91.3 Å². The summed E-state index contributed by atoms with van der Waals surface area (Å²) in [5.74, 6) is 1.17. The minimum absolute atomic E-state index is 0.245. The van der Waals surface area contributed by atoms with E-state index in [4.69, 9.17) is 15.2 Å². The first-order valence-electron chi connectivity index (χ1n) is 10.1. The van der Waals surface area contributed by atoms with Gasteiger partial charge in [-0.1, -0.05) is 24.3 Å². The number of likely N-dealkylation sites (tertiary alicyclic amines) is 1. The van der Waals surface area contributed by atoms with E-state index in [1.165, 1.54) is 37.1 Å². The third-order valence-corrected chi connectivity index (χ3v) is 5.28. The van der Waals surface area contributed by atoms with Crippen molar-refractivity contribution in [3.63, 3.8) is 0 Å². The molecule has 1 fully saturated rings. The van der Waals surface area contributed by atoms with E-state index in [0.29, 0.717) is 36.7 Å². The maximum atomic E-state index is 6.09. The van der Waals surface area contributed by atoms with Gasteiger partial charge in [-0.3, -0.25) is 4.90 Å². The van der Waals surface area contributed by atoms with Gasteiger partial charge in [-0.15, -0.1) is 0 Å². The first-order chi connectivity index (χ1) is 14.1. The fourth-order valence-electron chi connectivity index (χ4n) is 3.71. The molecule has 2 aromatic heterocycles. The molecule has 8 nitrogen and oxygen atoms in total. The van der Waals surface area contributed by atoms with Gasteiger partial charge >= 0.3 is 6.01 Å².